The van der Waals surface area contributed by atoms with Crippen LogP contribution in [0.15, 0.2) is 22.8 Å². The van der Waals surface area contributed by atoms with Crippen molar-refractivity contribution in [2.24, 2.45) is 4.99 Å². The molecule has 0 radical (unpaired) electrons. The molecule has 1 aliphatic carbocycles. The number of fused-ring (bicyclic) bond motifs is 1. The van der Waals surface area contributed by atoms with Crippen LogP contribution in [0.1, 0.15) is 45.2 Å². The molecule has 1 aliphatic rings. The number of thiazole rings is 1. The van der Waals surface area contributed by atoms with Gasteiger partial charge in [0.2, 0.25) is 0 Å². The van der Waals surface area contributed by atoms with Crippen LogP contribution in [0.5, 0.6) is 0 Å². The number of rotatable bonds is 6. The Labute approximate surface area is 155 Å². The molecular weight excluding hydrogens is 354 g/mol. The molecule has 3 atom stereocenters. The van der Waals surface area contributed by atoms with Crippen LogP contribution in [0.3, 0.4) is 0 Å². The van der Waals surface area contributed by atoms with Crippen molar-refractivity contribution in [1.82, 2.24) is 20.0 Å². The minimum Gasteiger partial charge on any atom is -0.357 e. The predicted octanol–water partition coefficient (Wildman–Crippen LogP) is 2.53. The molecule has 2 heterocycles. The second-order valence-corrected chi connectivity index (χ2v) is 9.20. The SMILES string of the molecule is CCNC(=NCc1cn2ccsc2n1)NC1CCCC(S(=O)CC)C1. The van der Waals surface area contributed by atoms with Crippen LogP contribution in [0.2, 0.25) is 0 Å². The van der Waals surface area contributed by atoms with Crippen molar-refractivity contribution in [2.45, 2.75) is 57.4 Å². The van der Waals surface area contributed by atoms with E-state index >= 15 is 0 Å². The third-order valence-electron chi connectivity index (χ3n) is 4.51. The third-order valence-corrected chi connectivity index (χ3v) is 7.02. The van der Waals surface area contributed by atoms with Crippen molar-refractivity contribution in [3.63, 3.8) is 0 Å². The van der Waals surface area contributed by atoms with Crippen molar-refractivity contribution in [2.75, 3.05) is 12.3 Å². The smallest absolute Gasteiger partial charge is 0.193 e. The van der Waals surface area contributed by atoms with Crippen molar-refractivity contribution in [3.05, 3.63) is 23.5 Å². The van der Waals surface area contributed by atoms with E-state index in [0.717, 1.165) is 54.6 Å². The summed E-state index contributed by atoms with van der Waals surface area (Å²) < 4.78 is 14.2. The molecule has 138 valence electrons. The first-order valence-corrected chi connectivity index (χ1v) is 11.3. The highest BCUT2D eigenvalue weighted by atomic mass is 32.2. The van der Waals surface area contributed by atoms with E-state index in [-0.39, 0.29) is 0 Å². The zero-order valence-corrected chi connectivity index (χ0v) is 16.5. The molecule has 0 amide bonds. The molecule has 0 bridgehead atoms. The summed E-state index contributed by atoms with van der Waals surface area (Å²) in [5.41, 5.74) is 0.970. The number of imidazole rings is 1. The van der Waals surface area contributed by atoms with Gasteiger partial charge in [-0.3, -0.25) is 8.61 Å². The maximum absolute atomic E-state index is 12.1. The molecule has 0 saturated heterocycles. The van der Waals surface area contributed by atoms with Gasteiger partial charge in [-0.2, -0.15) is 0 Å². The van der Waals surface area contributed by atoms with Gasteiger partial charge in [-0.15, -0.1) is 11.3 Å². The number of aliphatic imine (C=N–C) groups is 1. The first kappa shape index (κ1) is 18.4. The monoisotopic (exact) mass is 381 g/mol. The van der Waals surface area contributed by atoms with Gasteiger partial charge >= 0.3 is 0 Å². The number of guanidine groups is 1. The lowest BCUT2D eigenvalue weighted by atomic mass is 9.95. The zero-order chi connectivity index (χ0) is 17.6. The quantitative estimate of drug-likeness (QED) is 0.596. The third kappa shape index (κ3) is 4.82. The van der Waals surface area contributed by atoms with Gasteiger partial charge in [-0.05, 0) is 26.2 Å². The molecule has 0 spiro atoms. The van der Waals surface area contributed by atoms with Gasteiger partial charge in [0, 0.05) is 52.2 Å². The maximum atomic E-state index is 12.1. The molecule has 3 rings (SSSR count). The summed E-state index contributed by atoms with van der Waals surface area (Å²) in [7, 11) is -0.702. The van der Waals surface area contributed by atoms with Crippen molar-refractivity contribution in [1.29, 1.82) is 0 Å². The largest absolute Gasteiger partial charge is 0.357 e. The predicted molar refractivity (Wildman–Crippen MR) is 106 cm³/mol. The molecule has 2 aromatic rings. The Hall–Kier alpha value is -1.41. The summed E-state index contributed by atoms with van der Waals surface area (Å²) >= 11 is 1.63. The molecule has 6 nitrogen and oxygen atoms in total. The maximum Gasteiger partial charge on any atom is 0.193 e. The molecule has 1 fully saturated rings. The van der Waals surface area contributed by atoms with Crippen LogP contribution < -0.4 is 10.6 Å². The lowest BCUT2D eigenvalue weighted by Crippen LogP contribution is -2.46. The Kier molecular flexibility index (Phi) is 6.47. The summed E-state index contributed by atoms with van der Waals surface area (Å²) in [4.78, 5) is 10.3. The fourth-order valence-electron chi connectivity index (χ4n) is 3.28. The van der Waals surface area contributed by atoms with Gasteiger partial charge in [0.05, 0.1) is 12.2 Å². The summed E-state index contributed by atoms with van der Waals surface area (Å²) in [5.74, 6) is 1.58. The number of nitrogens with zero attached hydrogens (tertiary/aromatic N) is 3. The van der Waals surface area contributed by atoms with Gasteiger partial charge in [0.1, 0.15) is 0 Å². The van der Waals surface area contributed by atoms with Crippen LogP contribution in [0.25, 0.3) is 4.96 Å². The highest BCUT2D eigenvalue weighted by molar-refractivity contribution is 7.85. The standard InChI is InChI=1S/C17H27N5OS2/c1-3-18-16(19-11-14-12-22-8-9-24-17(22)21-14)20-13-6-5-7-15(10-13)25(23)4-2/h8-9,12-13,15H,3-7,10-11H2,1-2H3,(H2,18,19,20). The van der Waals surface area contributed by atoms with Crippen LogP contribution in [-0.4, -0.2) is 43.1 Å². The Morgan fingerprint density at radius 1 is 1.48 bits per heavy atom. The zero-order valence-electron chi connectivity index (χ0n) is 14.9. The molecular formula is C17H27N5OS2. The second kappa shape index (κ2) is 8.80. The van der Waals surface area contributed by atoms with E-state index in [1.807, 2.05) is 29.1 Å². The van der Waals surface area contributed by atoms with Gasteiger partial charge in [-0.25, -0.2) is 9.98 Å². The summed E-state index contributed by atoms with van der Waals surface area (Å²) in [6.45, 7) is 5.45. The van der Waals surface area contributed by atoms with Crippen molar-refractivity contribution < 1.29 is 4.21 Å². The molecule has 2 aromatic heterocycles. The summed E-state index contributed by atoms with van der Waals surface area (Å²) in [6, 6.07) is 0.345. The van der Waals surface area contributed by atoms with Crippen molar-refractivity contribution >= 4 is 33.1 Å². The molecule has 3 unspecified atom stereocenters. The second-order valence-electron chi connectivity index (χ2n) is 6.32. The highest BCUT2D eigenvalue weighted by Gasteiger charge is 2.26. The number of hydrogen-bond acceptors (Lipinski definition) is 4. The fourth-order valence-corrected chi connectivity index (χ4v) is 5.34. The van der Waals surface area contributed by atoms with E-state index in [1.54, 1.807) is 11.3 Å². The van der Waals surface area contributed by atoms with Gasteiger partial charge in [0.25, 0.3) is 0 Å². The van der Waals surface area contributed by atoms with Gasteiger partial charge in [-0.1, -0.05) is 13.3 Å². The van der Waals surface area contributed by atoms with E-state index in [1.165, 1.54) is 0 Å². The van der Waals surface area contributed by atoms with Crippen LogP contribution in [0.4, 0.5) is 0 Å². The number of nitrogens with one attached hydrogen (secondary N) is 2. The normalized spacial score (nSPS) is 22.9. The average Bonchev–Trinajstić information content (AvgIpc) is 3.21. The molecule has 8 heteroatoms. The van der Waals surface area contributed by atoms with E-state index in [9.17, 15) is 4.21 Å². The summed E-state index contributed by atoms with van der Waals surface area (Å²) in [6.07, 6.45) is 8.33. The fraction of sp³-hybridized carbons (Fsp3) is 0.647. The first-order chi connectivity index (χ1) is 12.2. The molecule has 2 N–H and O–H groups in total. The Morgan fingerprint density at radius 3 is 3.12 bits per heavy atom. The van der Waals surface area contributed by atoms with E-state index in [4.69, 9.17) is 4.99 Å². The van der Waals surface area contributed by atoms with Crippen LogP contribution >= 0.6 is 11.3 Å². The lowest BCUT2D eigenvalue weighted by Gasteiger charge is -2.30. The van der Waals surface area contributed by atoms with Gasteiger partial charge in [0.15, 0.2) is 10.9 Å². The number of hydrogen-bond donors (Lipinski definition) is 2. The summed E-state index contributed by atoms with van der Waals surface area (Å²) in [5, 5.41) is 9.20. The minimum atomic E-state index is -0.702. The minimum absolute atomic E-state index is 0.319. The molecule has 0 aromatic carbocycles. The van der Waals surface area contributed by atoms with E-state index in [2.05, 4.69) is 22.5 Å². The molecule has 1 saturated carbocycles. The highest BCUT2D eigenvalue weighted by Crippen LogP contribution is 2.23. The first-order valence-electron chi connectivity index (χ1n) is 9.02. The Bertz CT molecular complexity index is 710. The number of aromatic nitrogens is 2. The van der Waals surface area contributed by atoms with Gasteiger partial charge < -0.3 is 10.6 Å². The van der Waals surface area contributed by atoms with Crippen LogP contribution in [0, 0.1) is 0 Å². The topological polar surface area (TPSA) is 70.8 Å². The molecule has 0 aliphatic heterocycles. The van der Waals surface area contributed by atoms with E-state index < -0.39 is 10.8 Å². The Morgan fingerprint density at radius 2 is 2.36 bits per heavy atom. The van der Waals surface area contributed by atoms with E-state index in [0.29, 0.717) is 17.8 Å². The van der Waals surface area contributed by atoms with Crippen molar-refractivity contribution in [3.8, 4) is 0 Å². The van der Waals surface area contributed by atoms with Crippen LogP contribution in [-0.2, 0) is 17.3 Å². The molecule has 25 heavy (non-hydrogen) atoms. The average molecular weight is 382 g/mol. The lowest BCUT2D eigenvalue weighted by molar-refractivity contribution is 0.413. The Balaban J connectivity index is 1.61.